The fourth-order valence-corrected chi connectivity index (χ4v) is 2.34. The van der Waals surface area contributed by atoms with E-state index in [1.54, 1.807) is 7.11 Å². The van der Waals surface area contributed by atoms with E-state index in [4.69, 9.17) is 15.2 Å². The SMILES string of the molecule is COc1ccc(CN)cc1OCC1CCCN1C. The summed E-state index contributed by atoms with van der Waals surface area (Å²) < 4.78 is 11.2. The number of hydrogen-bond donors (Lipinski definition) is 1. The highest BCUT2D eigenvalue weighted by Gasteiger charge is 2.21. The Balaban J connectivity index is 2.02. The minimum absolute atomic E-state index is 0.510. The first-order valence-electron chi connectivity index (χ1n) is 6.44. The average molecular weight is 250 g/mol. The van der Waals surface area contributed by atoms with E-state index in [0.717, 1.165) is 23.6 Å². The average Bonchev–Trinajstić information content (AvgIpc) is 2.81. The van der Waals surface area contributed by atoms with Crippen LogP contribution in [0.4, 0.5) is 0 Å². The molecule has 2 rings (SSSR count). The van der Waals surface area contributed by atoms with Gasteiger partial charge in [-0.3, -0.25) is 0 Å². The molecule has 1 saturated heterocycles. The number of methoxy groups -OCH3 is 1. The lowest BCUT2D eigenvalue weighted by Crippen LogP contribution is -2.30. The first-order valence-corrected chi connectivity index (χ1v) is 6.44. The van der Waals surface area contributed by atoms with Crippen LogP contribution in [0.15, 0.2) is 18.2 Å². The standard InChI is InChI=1S/C14H22N2O2/c1-16-7-3-4-12(16)10-18-14-8-11(9-15)5-6-13(14)17-2/h5-6,8,12H,3-4,7,9-10,15H2,1-2H3. The Bertz CT molecular complexity index is 395. The van der Waals surface area contributed by atoms with E-state index >= 15 is 0 Å². The van der Waals surface area contributed by atoms with Crippen molar-refractivity contribution < 1.29 is 9.47 Å². The van der Waals surface area contributed by atoms with Crippen molar-refractivity contribution in [2.45, 2.75) is 25.4 Å². The summed E-state index contributed by atoms with van der Waals surface area (Å²) in [6.45, 7) is 2.39. The lowest BCUT2D eigenvalue weighted by molar-refractivity contribution is 0.193. The molecule has 0 aliphatic carbocycles. The topological polar surface area (TPSA) is 47.7 Å². The number of hydrogen-bond acceptors (Lipinski definition) is 4. The van der Waals surface area contributed by atoms with Gasteiger partial charge in [0.05, 0.1) is 7.11 Å². The quantitative estimate of drug-likeness (QED) is 0.863. The molecule has 1 aliphatic rings. The largest absolute Gasteiger partial charge is 0.493 e. The lowest BCUT2D eigenvalue weighted by Gasteiger charge is -2.20. The smallest absolute Gasteiger partial charge is 0.161 e. The van der Waals surface area contributed by atoms with Gasteiger partial charge in [0, 0.05) is 12.6 Å². The Morgan fingerprint density at radius 3 is 2.83 bits per heavy atom. The Morgan fingerprint density at radius 2 is 2.22 bits per heavy atom. The predicted octanol–water partition coefficient (Wildman–Crippen LogP) is 1.63. The molecule has 1 aromatic carbocycles. The Hall–Kier alpha value is -1.26. The van der Waals surface area contributed by atoms with Crippen LogP contribution in [0.25, 0.3) is 0 Å². The lowest BCUT2D eigenvalue weighted by atomic mass is 10.2. The molecule has 0 radical (unpaired) electrons. The van der Waals surface area contributed by atoms with Crippen molar-refractivity contribution in [1.29, 1.82) is 0 Å². The maximum atomic E-state index is 5.90. The van der Waals surface area contributed by atoms with Crippen LogP contribution < -0.4 is 15.2 Å². The number of ether oxygens (including phenoxy) is 2. The van der Waals surface area contributed by atoms with Gasteiger partial charge in [-0.25, -0.2) is 0 Å². The molecule has 100 valence electrons. The van der Waals surface area contributed by atoms with Crippen molar-refractivity contribution in [2.75, 3.05) is 27.3 Å². The molecule has 4 heteroatoms. The normalized spacial score (nSPS) is 20.1. The molecular formula is C14H22N2O2. The van der Waals surface area contributed by atoms with Crippen LogP contribution in [-0.2, 0) is 6.54 Å². The Kier molecular flexibility index (Phi) is 4.44. The minimum Gasteiger partial charge on any atom is -0.493 e. The highest BCUT2D eigenvalue weighted by molar-refractivity contribution is 5.42. The Labute approximate surface area is 109 Å². The van der Waals surface area contributed by atoms with Gasteiger partial charge in [0.25, 0.3) is 0 Å². The van der Waals surface area contributed by atoms with Gasteiger partial charge in [-0.05, 0) is 44.1 Å². The zero-order valence-corrected chi connectivity index (χ0v) is 11.2. The van der Waals surface area contributed by atoms with Crippen LogP contribution in [-0.4, -0.2) is 38.3 Å². The first kappa shape index (κ1) is 13.2. The third-order valence-corrected chi connectivity index (χ3v) is 3.57. The highest BCUT2D eigenvalue weighted by Crippen LogP contribution is 2.29. The molecule has 1 fully saturated rings. The van der Waals surface area contributed by atoms with Gasteiger partial charge in [-0.15, -0.1) is 0 Å². The molecule has 0 bridgehead atoms. The van der Waals surface area contributed by atoms with Crippen molar-refractivity contribution in [3.8, 4) is 11.5 Å². The predicted molar refractivity (Wildman–Crippen MR) is 72.0 cm³/mol. The van der Waals surface area contributed by atoms with E-state index < -0.39 is 0 Å². The molecule has 1 aromatic rings. The molecule has 18 heavy (non-hydrogen) atoms. The number of benzene rings is 1. The van der Waals surface area contributed by atoms with Gasteiger partial charge >= 0.3 is 0 Å². The van der Waals surface area contributed by atoms with Gasteiger partial charge in [0.2, 0.25) is 0 Å². The van der Waals surface area contributed by atoms with Gasteiger partial charge in [-0.2, -0.15) is 0 Å². The van der Waals surface area contributed by atoms with Gasteiger partial charge in [-0.1, -0.05) is 6.07 Å². The van der Waals surface area contributed by atoms with E-state index in [1.165, 1.54) is 12.8 Å². The van der Waals surface area contributed by atoms with Gasteiger partial charge in [0.15, 0.2) is 11.5 Å². The van der Waals surface area contributed by atoms with Crippen LogP contribution in [0.5, 0.6) is 11.5 Å². The van der Waals surface area contributed by atoms with Crippen LogP contribution in [0.3, 0.4) is 0 Å². The zero-order valence-electron chi connectivity index (χ0n) is 11.2. The minimum atomic E-state index is 0.510. The van der Waals surface area contributed by atoms with Crippen molar-refractivity contribution in [3.63, 3.8) is 0 Å². The van der Waals surface area contributed by atoms with Crippen molar-refractivity contribution >= 4 is 0 Å². The van der Waals surface area contributed by atoms with Crippen molar-refractivity contribution in [1.82, 2.24) is 4.90 Å². The summed E-state index contributed by atoms with van der Waals surface area (Å²) >= 11 is 0. The molecule has 0 aromatic heterocycles. The summed E-state index contributed by atoms with van der Waals surface area (Å²) in [5.41, 5.74) is 6.71. The fourth-order valence-electron chi connectivity index (χ4n) is 2.34. The van der Waals surface area contributed by atoms with E-state index in [1.807, 2.05) is 18.2 Å². The fraction of sp³-hybridized carbons (Fsp3) is 0.571. The molecular weight excluding hydrogens is 228 g/mol. The maximum absolute atomic E-state index is 5.90. The highest BCUT2D eigenvalue weighted by atomic mass is 16.5. The number of nitrogens with two attached hydrogens (primary N) is 1. The third kappa shape index (κ3) is 2.94. The van der Waals surface area contributed by atoms with E-state index in [9.17, 15) is 0 Å². The maximum Gasteiger partial charge on any atom is 0.161 e. The summed E-state index contributed by atoms with van der Waals surface area (Å²) in [5.74, 6) is 1.56. The third-order valence-electron chi connectivity index (χ3n) is 3.57. The molecule has 1 heterocycles. The zero-order chi connectivity index (χ0) is 13.0. The molecule has 2 N–H and O–H groups in total. The van der Waals surface area contributed by atoms with Crippen molar-refractivity contribution in [3.05, 3.63) is 23.8 Å². The van der Waals surface area contributed by atoms with Crippen molar-refractivity contribution in [2.24, 2.45) is 5.73 Å². The summed E-state index contributed by atoms with van der Waals surface area (Å²) in [6.07, 6.45) is 2.46. The van der Waals surface area contributed by atoms with Crippen LogP contribution in [0.1, 0.15) is 18.4 Å². The Morgan fingerprint density at radius 1 is 1.39 bits per heavy atom. The summed E-state index contributed by atoms with van der Waals surface area (Å²) in [6, 6.07) is 6.35. The molecule has 1 aliphatic heterocycles. The van der Waals surface area contributed by atoms with Crippen LogP contribution in [0, 0.1) is 0 Å². The second-order valence-corrected chi connectivity index (χ2v) is 4.78. The molecule has 0 amide bonds. The molecule has 0 saturated carbocycles. The van der Waals surface area contributed by atoms with E-state index in [-0.39, 0.29) is 0 Å². The summed E-state index contributed by atoms with van der Waals surface area (Å²) in [5, 5.41) is 0. The number of likely N-dealkylation sites (N-methyl/N-ethyl adjacent to an activating group) is 1. The molecule has 0 spiro atoms. The monoisotopic (exact) mass is 250 g/mol. The summed E-state index contributed by atoms with van der Waals surface area (Å²) in [4.78, 5) is 2.35. The number of rotatable bonds is 5. The van der Waals surface area contributed by atoms with Crippen LogP contribution in [0.2, 0.25) is 0 Å². The summed E-state index contributed by atoms with van der Waals surface area (Å²) in [7, 11) is 3.81. The number of nitrogens with zero attached hydrogens (tertiary/aromatic N) is 1. The molecule has 1 atom stereocenters. The van der Waals surface area contributed by atoms with Gasteiger partial charge in [0.1, 0.15) is 6.61 Å². The second kappa shape index (κ2) is 6.07. The van der Waals surface area contributed by atoms with Crippen LogP contribution >= 0.6 is 0 Å². The number of likely N-dealkylation sites (tertiary alicyclic amines) is 1. The van der Waals surface area contributed by atoms with E-state index in [0.29, 0.717) is 19.2 Å². The second-order valence-electron chi connectivity index (χ2n) is 4.78. The molecule has 1 unspecified atom stereocenters. The molecule has 4 nitrogen and oxygen atoms in total. The first-order chi connectivity index (χ1) is 8.74. The van der Waals surface area contributed by atoms with E-state index in [2.05, 4.69) is 11.9 Å². The van der Waals surface area contributed by atoms with Gasteiger partial charge < -0.3 is 20.1 Å².